The maximum atomic E-state index is 10.8. The highest BCUT2D eigenvalue weighted by Gasteiger charge is 2.10. The molecular weight excluding hydrogens is 232 g/mol. The highest BCUT2D eigenvalue weighted by molar-refractivity contribution is 5.96. The van der Waals surface area contributed by atoms with Gasteiger partial charge in [-0.25, -0.2) is 9.97 Å². The van der Waals surface area contributed by atoms with Gasteiger partial charge in [0, 0.05) is 17.8 Å². The van der Waals surface area contributed by atoms with Crippen molar-refractivity contribution in [2.24, 2.45) is 5.73 Å². The number of aromatic amines is 1. The zero-order valence-corrected chi connectivity index (χ0v) is 10.0. The molecule has 2 rings (SSSR count). The molecule has 3 N–H and O–H groups in total. The quantitative estimate of drug-likeness (QED) is 0.776. The molecule has 0 atom stereocenters. The number of ether oxygens (including phenoxy) is 1. The number of nitrogens with two attached hydrogens (primary N) is 1. The van der Waals surface area contributed by atoms with Gasteiger partial charge in [0.25, 0.3) is 0 Å². The molecule has 2 aromatic rings. The van der Waals surface area contributed by atoms with E-state index in [4.69, 9.17) is 10.5 Å². The molecule has 0 fully saturated rings. The predicted molar refractivity (Wildman–Crippen MR) is 67.9 cm³/mol. The zero-order valence-electron chi connectivity index (χ0n) is 10.0. The molecule has 0 saturated heterocycles. The number of nitrogens with zero attached hydrogens (tertiary/aromatic N) is 2. The number of hydrogen-bond acceptors (Lipinski definition) is 4. The third kappa shape index (κ3) is 2.48. The number of H-pyrrole nitrogens is 1. The molecule has 1 amide bonds. The second-order valence-electron chi connectivity index (χ2n) is 3.73. The van der Waals surface area contributed by atoms with Crippen molar-refractivity contribution in [1.29, 1.82) is 0 Å². The van der Waals surface area contributed by atoms with Crippen LogP contribution >= 0.6 is 0 Å². The van der Waals surface area contributed by atoms with E-state index in [9.17, 15) is 4.79 Å². The molecule has 0 aliphatic heterocycles. The first-order chi connectivity index (χ1) is 8.72. The lowest BCUT2D eigenvalue weighted by atomic mass is 10.2. The Morgan fingerprint density at radius 1 is 1.56 bits per heavy atom. The number of fused-ring (bicyclic) bond motifs is 1. The highest BCUT2D eigenvalue weighted by Crippen LogP contribution is 2.26. The van der Waals surface area contributed by atoms with E-state index >= 15 is 0 Å². The molecule has 2 aromatic heterocycles. The van der Waals surface area contributed by atoms with E-state index in [1.54, 1.807) is 12.3 Å². The van der Waals surface area contributed by atoms with E-state index in [0.717, 1.165) is 17.4 Å². The molecular formula is C12H14N4O2. The molecule has 0 aliphatic rings. The number of aromatic nitrogens is 3. The predicted octanol–water partition coefficient (Wildman–Crippen LogP) is 1.25. The van der Waals surface area contributed by atoms with Crippen LogP contribution in [0.25, 0.3) is 17.1 Å². The number of amides is 1. The van der Waals surface area contributed by atoms with Crippen molar-refractivity contribution in [3.8, 4) is 5.88 Å². The van der Waals surface area contributed by atoms with E-state index in [0.29, 0.717) is 18.1 Å². The fraction of sp³-hybridized carbons (Fsp3) is 0.250. The summed E-state index contributed by atoms with van der Waals surface area (Å²) in [4.78, 5) is 21.9. The lowest BCUT2D eigenvalue weighted by Crippen LogP contribution is -2.05. The van der Waals surface area contributed by atoms with Crippen LogP contribution in [0.5, 0.6) is 5.88 Å². The highest BCUT2D eigenvalue weighted by atomic mass is 16.5. The minimum absolute atomic E-state index is 0.503. The second-order valence-corrected chi connectivity index (χ2v) is 3.73. The van der Waals surface area contributed by atoms with Gasteiger partial charge >= 0.3 is 0 Å². The minimum atomic E-state index is -0.503. The Labute approximate surface area is 104 Å². The summed E-state index contributed by atoms with van der Waals surface area (Å²) in [6.07, 6.45) is 6.97. The van der Waals surface area contributed by atoms with E-state index in [2.05, 4.69) is 15.0 Å². The van der Waals surface area contributed by atoms with Gasteiger partial charge in [0.2, 0.25) is 11.8 Å². The molecule has 6 heteroatoms. The summed E-state index contributed by atoms with van der Waals surface area (Å²) in [5.41, 5.74) is 6.51. The van der Waals surface area contributed by atoms with Crippen LogP contribution in [-0.4, -0.2) is 27.5 Å². The van der Waals surface area contributed by atoms with Crippen molar-refractivity contribution in [2.45, 2.75) is 13.3 Å². The van der Waals surface area contributed by atoms with Crippen LogP contribution in [0.2, 0.25) is 0 Å². The lowest BCUT2D eigenvalue weighted by molar-refractivity contribution is -0.113. The Kier molecular flexibility index (Phi) is 3.57. The Hall–Kier alpha value is -2.37. The molecule has 0 radical (unpaired) electrons. The third-order valence-corrected chi connectivity index (χ3v) is 2.34. The number of carbonyl (C=O) groups is 1. The molecule has 0 saturated carbocycles. The summed E-state index contributed by atoms with van der Waals surface area (Å²) in [7, 11) is 0. The van der Waals surface area contributed by atoms with Gasteiger partial charge in [-0.1, -0.05) is 6.92 Å². The Balaban J connectivity index is 2.44. The minimum Gasteiger partial charge on any atom is -0.477 e. The van der Waals surface area contributed by atoms with Crippen LogP contribution in [-0.2, 0) is 4.79 Å². The van der Waals surface area contributed by atoms with E-state index in [1.807, 2.05) is 6.92 Å². The molecule has 94 valence electrons. The number of hydrogen-bond donors (Lipinski definition) is 2. The van der Waals surface area contributed by atoms with Crippen molar-refractivity contribution in [1.82, 2.24) is 15.0 Å². The molecule has 0 aliphatic carbocycles. The first-order valence-electron chi connectivity index (χ1n) is 5.64. The van der Waals surface area contributed by atoms with Crippen molar-refractivity contribution in [2.75, 3.05) is 6.61 Å². The van der Waals surface area contributed by atoms with E-state index < -0.39 is 5.91 Å². The van der Waals surface area contributed by atoms with Gasteiger partial charge in [-0.2, -0.15) is 0 Å². The van der Waals surface area contributed by atoms with Gasteiger partial charge in [0.15, 0.2) is 0 Å². The fourth-order valence-corrected chi connectivity index (χ4v) is 1.57. The Morgan fingerprint density at radius 3 is 3.11 bits per heavy atom. The van der Waals surface area contributed by atoms with Gasteiger partial charge in [0.05, 0.1) is 12.0 Å². The van der Waals surface area contributed by atoms with Gasteiger partial charge in [0.1, 0.15) is 12.0 Å². The fourth-order valence-electron chi connectivity index (χ4n) is 1.57. The second kappa shape index (κ2) is 5.31. The van der Waals surface area contributed by atoms with Gasteiger partial charge < -0.3 is 15.5 Å². The van der Waals surface area contributed by atoms with Crippen LogP contribution < -0.4 is 10.5 Å². The zero-order chi connectivity index (χ0) is 13.0. The summed E-state index contributed by atoms with van der Waals surface area (Å²) >= 11 is 0. The van der Waals surface area contributed by atoms with Crippen LogP contribution in [0.4, 0.5) is 0 Å². The first kappa shape index (κ1) is 12.1. The Morgan fingerprint density at radius 2 is 2.39 bits per heavy atom. The van der Waals surface area contributed by atoms with Crippen LogP contribution in [0.3, 0.4) is 0 Å². The van der Waals surface area contributed by atoms with E-state index in [1.165, 1.54) is 12.4 Å². The summed E-state index contributed by atoms with van der Waals surface area (Å²) in [5.74, 6) is 0.00412. The maximum Gasteiger partial charge on any atom is 0.241 e. The summed E-state index contributed by atoms with van der Waals surface area (Å²) in [6, 6.07) is 0. The molecule has 0 unspecified atom stereocenters. The summed E-state index contributed by atoms with van der Waals surface area (Å²) in [5, 5.41) is 0.753. The van der Waals surface area contributed by atoms with Gasteiger partial charge in [-0.3, -0.25) is 4.79 Å². The van der Waals surface area contributed by atoms with Gasteiger partial charge in [-0.05, 0) is 12.5 Å². The van der Waals surface area contributed by atoms with Crippen molar-refractivity contribution in [3.63, 3.8) is 0 Å². The largest absolute Gasteiger partial charge is 0.477 e. The van der Waals surface area contributed by atoms with Crippen LogP contribution in [0.15, 0.2) is 18.6 Å². The summed E-state index contributed by atoms with van der Waals surface area (Å²) < 4.78 is 5.55. The number of primary amides is 1. The smallest absolute Gasteiger partial charge is 0.241 e. The van der Waals surface area contributed by atoms with Crippen LogP contribution in [0, 0.1) is 0 Å². The van der Waals surface area contributed by atoms with Crippen molar-refractivity contribution in [3.05, 3.63) is 24.2 Å². The van der Waals surface area contributed by atoms with Crippen LogP contribution in [0.1, 0.15) is 18.9 Å². The monoisotopic (exact) mass is 246 g/mol. The molecule has 2 heterocycles. The van der Waals surface area contributed by atoms with E-state index in [-0.39, 0.29) is 0 Å². The SMILES string of the molecule is CCCOc1ncnc2[nH]cc(C=CC(N)=O)c12. The molecule has 0 bridgehead atoms. The average molecular weight is 246 g/mol. The number of carbonyl (C=O) groups excluding carboxylic acids is 1. The average Bonchev–Trinajstić information content (AvgIpc) is 2.77. The Bertz CT molecular complexity index is 589. The van der Waals surface area contributed by atoms with Crippen molar-refractivity contribution < 1.29 is 9.53 Å². The molecule has 18 heavy (non-hydrogen) atoms. The van der Waals surface area contributed by atoms with Crippen molar-refractivity contribution >= 4 is 23.0 Å². The standard InChI is InChI=1S/C12H14N4O2/c1-2-5-18-12-10-8(3-4-9(13)17)6-14-11(10)15-7-16-12/h3-4,6-7H,2,5H2,1H3,(H2,13,17)(H,14,15,16). The first-order valence-corrected chi connectivity index (χ1v) is 5.64. The molecule has 0 aromatic carbocycles. The topological polar surface area (TPSA) is 93.9 Å². The number of rotatable bonds is 5. The number of nitrogens with one attached hydrogen (secondary N) is 1. The normalized spacial score (nSPS) is 11.2. The summed E-state index contributed by atoms with van der Waals surface area (Å²) in [6.45, 7) is 2.60. The third-order valence-electron chi connectivity index (χ3n) is 2.34. The molecule has 0 spiro atoms. The van der Waals surface area contributed by atoms with Gasteiger partial charge in [-0.15, -0.1) is 0 Å². The molecule has 6 nitrogen and oxygen atoms in total. The maximum absolute atomic E-state index is 10.8. The lowest BCUT2D eigenvalue weighted by Gasteiger charge is -2.04.